The first-order valence-corrected chi connectivity index (χ1v) is 13.1. The van der Waals surface area contributed by atoms with Gasteiger partial charge in [0.15, 0.2) is 23.0 Å². The van der Waals surface area contributed by atoms with E-state index in [1.165, 1.54) is 0 Å². The van der Waals surface area contributed by atoms with E-state index in [0.717, 1.165) is 0 Å². The van der Waals surface area contributed by atoms with E-state index in [4.69, 9.17) is 28.4 Å². The second-order valence-corrected chi connectivity index (χ2v) is 9.24. The molecule has 39 heavy (non-hydrogen) atoms. The molecule has 0 saturated heterocycles. The highest BCUT2D eigenvalue weighted by Crippen LogP contribution is 2.52. The summed E-state index contributed by atoms with van der Waals surface area (Å²) in [7, 11) is 0. The Bertz CT molecular complexity index is 1130. The quantitative estimate of drug-likeness (QED) is 0.151. The van der Waals surface area contributed by atoms with E-state index in [2.05, 4.69) is 13.2 Å². The van der Waals surface area contributed by atoms with Crippen LogP contribution in [0.5, 0.6) is 34.5 Å². The lowest BCUT2D eigenvalue weighted by Gasteiger charge is -2.31. The van der Waals surface area contributed by atoms with E-state index in [1.807, 2.05) is 41.5 Å². The number of rotatable bonds is 14. The Hall–Kier alpha value is -3.94. The molecule has 0 heterocycles. The summed E-state index contributed by atoms with van der Waals surface area (Å²) in [5.74, 6) is 0.578. The number of benzene rings is 2. The molecule has 2 aromatic carbocycles. The first-order valence-electron chi connectivity index (χ1n) is 13.1. The van der Waals surface area contributed by atoms with Crippen LogP contribution in [-0.2, 0) is 15.0 Å². The van der Waals surface area contributed by atoms with Crippen LogP contribution in [0.3, 0.4) is 0 Å². The Balaban J connectivity index is 2.94. The van der Waals surface area contributed by atoms with Crippen molar-refractivity contribution in [1.82, 2.24) is 0 Å². The van der Waals surface area contributed by atoms with Crippen molar-refractivity contribution in [3.05, 3.63) is 59.7 Å². The highest BCUT2D eigenvalue weighted by Gasteiger charge is 2.36. The topological polar surface area (TPSA) is 89.5 Å². The van der Waals surface area contributed by atoms with Crippen LogP contribution in [0.25, 0.3) is 0 Å². The SMILES string of the molecule is C=C(C)C(=O)Oc1c(C(C)(C)c2ccc(OCC)c(OCC)c2OC(=O)C(=C)C)ccc(OCC)c1OCC. The van der Waals surface area contributed by atoms with Crippen molar-refractivity contribution < 1.29 is 38.0 Å². The minimum atomic E-state index is -0.914. The maximum atomic E-state index is 12.8. The van der Waals surface area contributed by atoms with Crippen molar-refractivity contribution in [1.29, 1.82) is 0 Å². The minimum Gasteiger partial charge on any atom is -0.490 e. The molecule has 0 radical (unpaired) electrons. The highest BCUT2D eigenvalue weighted by atomic mass is 16.6. The summed E-state index contributed by atoms with van der Waals surface area (Å²) in [6.45, 7) is 23.1. The zero-order valence-electron chi connectivity index (χ0n) is 24.3. The molecule has 0 unspecified atom stereocenters. The van der Waals surface area contributed by atoms with Crippen molar-refractivity contribution >= 4 is 11.9 Å². The van der Waals surface area contributed by atoms with Crippen LogP contribution >= 0.6 is 0 Å². The molecular weight excluding hydrogens is 500 g/mol. The van der Waals surface area contributed by atoms with Gasteiger partial charge in [-0.05, 0) is 53.7 Å². The predicted octanol–water partition coefficient (Wildman–Crippen LogP) is 6.57. The van der Waals surface area contributed by atoms with Crippen molar-refractivity contribution in [3.8, 4) is 34.5 Å². The first kappa shape index (κ1) is 31.3. The van der Waals surface area contributed by atoms with Gasteiger partial charge < -0.3 is 28.4 Å². The molecule has 0 amide bonds. The number of esters is 2. The molecule has 0 N–H and O–H groups in total. The van der Waals surface area contributed by atoms with E-state index in [9.17, 15) is 9.59 Å². The third kappa shape index (κ3) is 7.13. The molecular formula is C31H40O8. The largest absolute Gasteiger partial charge is 0.490 e. The summed E-state index contributed by atoms with van der Waals surface area (Å²) in [5.41, 5.74) is 0.701. The lowest BCUT2D eigenvalue weighted by Crippen LogP contribution is -2.24. The highest BCUT2D eigenvalue weighted by molar-refractivity contribution is 5.90. The van der Waals surface area contributed by atoms with Gasteiger partial charge in [0, 0.05) is 27.7 Å². The predicted molar refractivity (Wildman–Crippen MR) is 151 cm³/mol. The lowest BCUT2D eigenvalue weighted by molar-refractivity contribution is -0.131. The maximum Gasteiger partial charge on any atom is 0.338 e. The Labute approximate surface area is 231 Å². The monoisotopic (exact) mass is 540 g/mol. The summed E-state index contributed by atoms with van der Waals surface area (Å²) in [5, 5.41) is 0. The molecule has 0 atom stereocenters. The average Bonchev–Trinajstić information content (AvgIpc) is 2.87. The number of carbonyl (C=O) groups is 2. The van der Waals surface area contributed by atoms with E-state index >= 15 is 0 Å². The maximum absolute atomic E-state index is 12.8. The summed E-state index contributed by atoms with van der Waals surface area (Å²) in [6.07, 6.45) is 0. The molecule has 0 saturated carbocycles. The summed E-state index contributed by atoms with van der Waals surface area (Å²) >= 11 is 0. The summed E-state index contributed by atoms with van der Waals surface area (Å²) in [4.78, 5) is 25.5. The smallest absolute Gasteiger partial charge is 0.338 e. The number of hydrogen-bond donors (Lipinski definition) is 0. The minimum absolute atomic E-state index is 0.185. The molecule has 0 fully saturated rings. The van der Waals surface area contributed by atoms with Crippen LogP contribution in [0.15, 0.2) is 48.6 Å². The Morgan fingerprint density at radius 2 is 0.949 bits per heavy atom. The number of carbonyl (C=O) groups excluding carboxylic acids is 2. The molecule has 8 nitrogen and oxygen atoms in total. The van der Waals surface area contributed by atoms with Gasteiger partial charge in [-0.25, -0.2) is 9.59 Å². The van der Waals surface area contributed by atoms with Gasteiger partial charge in [0.25, 0.3) is 0 Å². The third-order valence-electron chi connectivity index (χ3n) is 5.76. The van der Waals surface area contributed by atoms with Crippen LogP contribution in [0.4, 0.5) is 0 Å². The summed E-state index contributed by atoms with van der Waals surface area (Å²) < 4.78 is 35.2. The zero-order chi connectivity index (χ0) is 29.3. The van der Waals surface area contributed by atoms with Crippen molar-refractivity contribution in [2.75, 3.05) is 26.4 Å². The van der Waals surface area contributed by atoms with Crippen molar-refractivity contribution in [2.24, 2.45) is 0 Å². The van der Waals surface area contributed by atoms with Crippen molar-refractivity contribution in [3.63, 3.8) is 0 Å². The fourth-order valence-electron chi connectivity index (χ4n) is 3.88. The van der Waals surface area contributed by atoms with E-state index in [0.29, 0.717) is 49.1 Å². The second kappa shape index (κ2) is 13.7. The average molecular weight is 541 g/mol. The van der Waals surface area contributed by atoms with Crippen molar-refractivity contribution in [2.45, 2.75) is 60.8 Å². The molecule has 8 heteroatoms. The molecule has 0 spiro atoms. The van der Waals surface area contributed by atoms with Gasteiger partial charge in [-0.1, -0.05) is 39.1 Å². The Morgan fingerprint density at radius 3 is 1.23 bits per heavy atom. The lowest BCUT2D eigenvalue weighted by atomic mass is 9.76. The van der Waals surface area contributed by atoms with Gasteiger partial charge in [0.2, 0.25) is 11.5 Å². The van der Waals surface area contributed by atoms with Gasteiger partial charge in [-0.15, -0.1) is 0 Å². The zero-order valence-corrected chi connectivity index (χ0v) is 24.3. The van der Waals surface area contributed by atoms with Gasteiger partial charge in [0.05, 0.1) is 26.4 Å². The van der Waals surface area contributed by atoms with Crippen LogP contribution in [-0.4, -0.2) is 38.4 Å². The van der Waals surface area contributed by atoms with Gasteiger partial charge in [0.1, 0.15) is 0 Å². The second-order valence-electron chi connectivity index (χ2n) is 9.24. The van der Waals surface area contributed by atoms with Crippen LogP contribution in [0.2, 0.25) is 0 Å². The normalized spacial score (nSPS) is 10.9. The first-order chi connectivity index (χ1) is 18.4. The number of hydrogen-bond acceptors (Lipinski definition) is 8. The van der Waals surface area contributed by atoms with E-state index < -0.39 is 17.4 Å². The molecule has 0 bridgehead atoms. The molecule has 0 aromatic heterocycles. The molecule has 2 rings (SSSR count). The fourth-order valence-corrected chi connectivity index (χ4v) is 3.88. The van der Waals surface area contributed by atoms with Crippen LogP contribution in [0.1, 0.15) is 66.5 Å². The molecule has 0 aliphatic rings. The molecule has 0 aliphatic heterocycles. The van der Waals surface area contributed by atoms with Gasteiger partial charge >= 0.3 is 11.9 Å². The number of ether oxygens (including phenoxy) is 6. The van der Waals surface area contributed by atoms with Crippen LogP contribution in [0, 0.1) is 0 Å². The Kier molecular flexibility index (Phi) is 11.0. The van der Waals surface area contributed by atoms with E-state index in [1.54, 1.807) is 38.1 Å². The fraction of sp³-hybridized carbons (Fsp3) is 0.419. The van der Waals surface area contributed by atoms with Gasteiger partial charge in [-0.3, -0.25) is 0 Å². The third-order valence-corrected chi connectivity index (χ3v) is 5.76. The van der Waals surface area contributed by atoms with E-state index in [-0.39, 0.29) is 34.1 Å². The van der Waals surface area contributed by atoms with Crippen LogP contribution < -0.4 is 28.4 Å². The molecule has 0 aliphatic carbocycles. The molecule has 212 valence electrons. The summed E-state index contributed by atoms with van der Waals surface area (Å²) in [6, 6.07) is 7.13. The van der Waals surface area contributed by atoms with Gasteiger partial charge in [-0.2, -0.15) is 0 Å². The Morgan fingerprint density at radius 1 is 0.615 bits per heavy atom. The standard InChI is InChI=1S/C31H40O8/c1-11-34-23-17-15-21(25(27(23)36-13-3)38-29(32)19(5)6)31(9,10)22-16-18-24(35-12-2)28(37-14-4)26(22)39-30(33)20(7)8/h15-18H,5,7,11-14H2,1-4,6,8-10H3. The molecule has 2 aromatic rings.